The number of carbonyl (C=O) groups is 1. The molecule has 1 aliphatic heterocycles. The van der Waals surface area contributed by atoms with E-state index in [9.17, 15) is 4.79 Å². The predicted molar refractivity (Wildman–Crippen MR) is 108 cm³/mol. The summed E-state index contributed by atoms with van der Waals surface area (Å²) in [5.74, 6) is 1.87. The van der Waals surface area contributed by atoms with Gasteiger partial charge in [-0.05, 0) is 61.2 Å². The van der Waals surface area contributed by atoms with Crippen molar-refractivity contribution in [3.8, 4) is 0 Å². The summed E-state index contributed by atoms with van der Waals surface area (Å²) in [6, 6.07) is 8.31. The maximum Gasteiger partial charge on any atom is 0.222 e. The number of piperidine rings is 1. The smallest absolute Gasteiger partial charge is 0.222 e. The Morgan fingerprint density at radius 3 is 2.64 bits per heavy atom. The first kappa shape index (κ1) is 20.5. The average Bonchev–Trinajstić information content (AvgIpc) is 3.12. The van der Waals surface area contributed by atoms with E-state index in [4.69, 9.17) is 0 Å². The summed E-state index contributed by atoms with van der Waals surface area (Å²) in [5.41, 5.74) is 2.38. The van der Waals surface area contributed by atoms with E-state index < -0.39 is 0 Å². The maximum atomic E-state index is 12.4. The number of amides is 1. The van der Waals surface area contributed by atoms with Crippen molar-refractivity contribution in [2.45, 2.75) is 59.2 Å². The minimum atomic E-state index is 0.153. The van der Waals surface area contributed by atoms with Crippen LogP contribution >= 0.6 is 0 Å². The van der Waals surface area contributed by atoms with Gasteiger partial charge in [-0.1, -0.05) is 36.8 Å². The Labute approximate surface area is 167 Å². The third-order valence-corrected chi connectivity index (χ3v) is 5.57. The van der Waals surface area contributed by atoms with E-state index in [1.54, 1.807) is 4.90 Å². The fourth-order valence-electron chi connectivity index (χ4n) is 3.56. The first-order chi connectivity index (χ1) is 13.5. The Bertz CT molecular complexity index is 749. The van der Waals surface area contributed by atoms with Crippen molar-refractivity contribution < 1.29 is 4.79 Å². The fourth-order valence-corrected chi connectivity index (χ4v) is 3.56. The molecule has 0 atom stereocenters. The molecule has 1 aliphatic rings. The van der Waals surface area contributed by atoms with Crippen molar-refractivity contribution >= 4 is 5.91 Å². The highest BCUT2D eigenvalue weighted by atomic mass is 16.2. The van der Waals surface area contributed by atoms with Gasteiger partial charge in [0.15, 0.2) is 5.82 Å². The van der Waals surface area contributed by atoms with Crippen LogP contribution in [0.2, 0.25) is 0 Å². The summed E-state index contributed by atoms with van der Waals surface area (Å²) in [7, 11) is 1.86. The summed E-state index contributed by atoms with van der Waals surface area (Å²) in [6.45, 7) is 8.71. The minimum absolute atomic E-state index is 0.153. The fraction of sp³-hybridized carbons (Fsp3) is 0.619. The molecular weight excluding hydrogens is 352 g/mol. The van der Waals surface area contributed by atoms with Crippen LogP contribution in [0.5, 0.6) is 0 Å². The number of aromatic nitrogens is 4. The predicted octanol–water partition coefficient (Wildman–Crippen LogP) is 2.65. The molecule has 1 aromatic heterocycles. The van der Waals surface area contributed by atoms with Gasteiger partial charge in [-0.2, -0.15) is 0 Å². The van der Waals surface area contributed by atoms with Gasteiger partial charge in [-0.25, -0.2) is 4.68 Å². The lowest BCUT2D eigenvalue weighted by Crippen LogP contribution is -2.33. The highest BCUT2D eigenvalue weighted by Crippen LogP contribution is 2.17. The Morgan fingerprint density at radius 1 is 1.21 bits per heavy atom. The van der Waals surface area contributed by atoms with Gasteiger partial charge >= 0.3 is 0 Å². The second kappa shape index (κ2) is 9.78. The lowest BCUT2D eigenvalue weighted by atomic mass is 9.99. The van der Waals surface area contributed by atoms with Crippen LogP contribution in [0.15, 0.2) is 24.3 Å². The van der Waals surface area contributed by atoms with Gasteiger partial charge in [0.25, 0.3) is 0 Å². The number of likely N-dealkylation sites (tertiary alicyclic amines) is 1. The van der Waals surface area contributed by atoms with E-state index in [-0.39, 0.29) is 5.91 Å². The van der Waals surface area contributed by atoms with Gasteiger partial charge in [0, 0.05) is 26.6 Å². The van der Waals surface area contributed by atoms with E-state index >= 15 is 0 Å². The van der Waals surface area contributed by atoms with Crippen LogP contribution in [0.4, 0.5) is 0 Å². The molecular formula is C21H32N6O. The van der Waals surface area contributed by atoms with E-state index in [1.165, 1.54) is 18.4 Å². The van der Waals surface area contributed by atoms with Crippen LogP contribution in [0.25, 0.3) is 0 Å². The zero-order valence-electron chi connectivity index (χ0n) is 17.3. The second-order valence-electron chi connectivity index (χ2n) is 8.12. The van der Waals surface area contributed by atoms with Gasteiger partial charge in [0.2, 0.25) is 5.91 Å². The number of aryl methyl sites for hydroxylation is 2. The molecule has 3 rings (SSSR count). The zero-order chi connectivity index (χ0) is 19.9. The van der Waals surface area contributed by atoms with Crippen molar-refractivity contribution in [3.05, 3.63) is 41.2 Å². The van der Waals surface area contributed by atoms with Crippen LogP contribution in [0.1, 0.15) is 49.6 Å². The van der Waals surface area contributed by atoms with Gasteiger partial charge in [-0.15, -0.1) is 5.10 Å². The number of tetrazole rings is 1. The van der Waals surface area contributed by atoms with Crippen molar-refractivity contribution in [1.82, 2.24) is 30.0 Å². The lowest BCUT2D eigenvalue weighted by Gasteiger charge is -2.29. The van der Waals surface area contributed by atoms with Crippen LogP contribution < -0.4 is 0 Å². The molecule has 0 radical (unpaired) electrons. The Balaban J connectivity index is 1.42. The highest BCUT2D eigenvalue weighted by molar-refractivity contribution is 5.75. The minimum Gasteiger partial charge on any atom is -0.341 e. The van der Waals surface area contributed by atoms with Crippen LogP contribution in [-0.2, 0) is 24.4 Å². The quantitative estimate of drug-likeness (QED) is 0.700. The Kier molecular flexibility index (Phi) is 7.14. The first-order valence-electron chi connectivity index (χ1n) is 10.3. The molecule has 0 saturated carbocycles. The molecule has 7 heteroatoms. The molecule has 28 heavy (non-hydrogen) atoms. The first-order valence-corrected chi connectivity index (χ1v) is 10.3. The zero-order valence-corrected chi connectivity index (χ0v) is 17.3. The van der Waals surface area contributed by atoms with Crippen LogP contribution in [0, 0.1) is 12.8 Å². The summed E-state index contributed by atoms with van der Waals surface area (Å²) < 4.78 is 1.85. The number of benzene rings is 1. The molecule has 2 aromatic rings. The maximum absolute atomic E-state index is 12.4. The van der Waals surface area contributed by atoms with Crippen LogP contribution in [-0.4, -0.2) is 56.1 Å². The number of hydrogen-bond donors (Lipinski definition) is 0. The third kappa shape index (κ3) is 5.86. The topological polar surface area (TPSA) is 67.2 Å². The van der Waals surface area contributed by atoms with Gasteiger partial charge in [0.1, 0.15) is 0 Å². The van der Waals surface area contributed by atoms with E-state index in [0.29, 0.717) is 19.5 Å². The van der Waals surface area contributed by atoms with Crippen molar-refractivity contribution in [2.75, 3.05) is 20.1 Å². The molecule has 1 amide bonds. The number of carbonyl (C=O) groups excluding carboxylic acids is 1. The van der Waals surface area contributed by atoms with E-state index in [2.05, 4.69) is 58.5 Å². The Morgan fingerprint density at radius 2 is 1.93 bits per heavy atom. The molecule has 0 aliphatic carbocycles. The van der Waals surface area contributed by atoms with Gasteiger partial charge in [0.05, 0.1) is 6.54 Å². The van der Waals surface area contributed by atoms with Crippen molar-refractivity contribution in [3.63, 3.8) is 0 Å². The normalized spacial score (nSPS) is 15.7. The summed E-state index contributed by atoms with van der Waals surface area (Å²) in [4.78, 5) is 16.6. The number of hydrogen-bond acceptors (Lipinski definition) is 5. The van der Waals surface area contributed by atoms with Crippen molar-refractivity contribution in [2.24, 2.45) is 5.92 Å². The molecule has 1 saturated heterocycles. The second-order valence-corrected chi connectivity index (χ2v) is 8.12. The molecule has 0 bridgehead atoms. The molecule has 0 spiro atoms. The molecule has 2 heterocycles. The van der Waals surface area contributed by atoms with E-state index in [0.717, 1.165) is 43.4 Å². The standard InChI is InChI=1S/C21H32N6O/c1-17-6-8-19(9-7-17)15-25(3)21(28)5-4-12-27-20(22-23-24-27)16-26-13-10-18(2)11-14-26/h6-9,18H,4-5,10-16H2,1-3H3. The van der Waals surface area contributed by atoms with Crippen molar-refractivity contribution in [1.29, 1.82) is 0 Å². The summed E-state index contributed by atoms with van der Waals surface area (Å²) in [6.07, 6.45) is 3.72. The molecule has 0 N–H and O–H groups in total. The molecule has 7 nitrogen and oxygen atoms in total. The van der Waals surface area contributed by atoms with Crippen LogP contribution in [0.3, 0.4) is 0 Å². The van der Waals surface area contributed by atoms with Gasteiger partial charge < -0.3 is 4.90 Å². The summed E-state index contributed by atoms with van der Waals surface area (Å²) in [5, 5.41) is 12.1. The van der Waals surface area contributed by atoms with E-state index in [1.807, 2.05) is 11.7 Å². The largest absolute Gasteiger partial charge is 0.341 e. The molecule has 0 unspecified atom stereocenters. The average molecular weight is 385 g/mol. The lowest BCUT2D eigenvalue weighted by molar-refractivity contribution is -0.130. The third-order valence-electron chi connectivity index (χ3n) is 5.57. The monoisotopic (exact) mass is 384 g/mol. The number of rotatable bonds is 8. The molecule has 1 fully saturated rings. The Hall–Kier alpha value is -2.28. The van der Waals surface area contributed by atoms with Gasteiger partial charge in [-0.3, -0.25) is 9.69 Å². The summed E-state index contributed by atoms with van der Waals surface area (Å²) >= 11 is 0. The molecule has 1 aromatic carbocycles. The SMILES string of the molecule is Cc1ccc(CN(C)C(=O)CCCn2nnnc2CN2CCC(C)CC2)cc1. The molecule has 152 valence electrons. The highest BCUT2D eigenvalue weighted by Gasteiger charge is 2.18. The number of nitrogens with zero attached hydrogens (tertiary/aromatic N) is 6.